The Morgan fingerprint density at radius 3 is 2.33 bits per heavy atom. The third kappa shape index (κ3) is 5.45. The molecule has 0 aliphatic heterocycles. The zero-order chi connectivity index (χ0) is 11.8. The molecule has 0 aliphatic rings. The Labute approximate surface area is 87.2 Å². The molecule has 6 heteroatoms. The van der Waals surface area contributed by atoms with E-state index in [9.17, 15) is 14.4 Å². The lowest BCUT2D eigenvalue weighted by atomic mass is 10.4. The van der Waals surface area contributed by atoms with Gasteiger partial charge in [0, 0.05) is 6.92 Å². The summed E-state index contributed by atoms with van der Waals surface area (Å²) in [4.78, 5) is 32.8. The monoisotopic (exact) mass is 215 g/mol. The van der Waals surface area contributed by atoms with Crippen LogP contribution in [-0.2, 0) is 23.9 Å². The molecule has 15 heavy (non-hydrogen) atoms. The van der Waals surface area contributed by atoms with Crippen LogP contribution in [0.15, 0.2) is 11.8 Å². The second-order valence-electron chi connectivity index (χ2n) is 2.48. The SMILES string of the molecule is CCOC(=O)/C(=C/C(=O)OC)NC(C)=O. The van der Waals surface area contributed by atoms with Gasteiger partial charge in [0.1, 0.15) is 5.70 Å². The van der Waals surface area contributed by atoms with E-state index >= 15 is 0 Å². The first-order valence-corrected chi connectivity index (χ1v) is 4.25. The molecule has 1 amide bonds. The van der Waals surface area contributed by atoms with Crippen LogP contribution in [-0.4, -0.2) is 31.6 Å². The number of hydrogen-bond donors (Lipinski definition) is 1. The molecule has 0 fully saturated rings. The summed E-state index contributed by atoms with van der Waals surface area (Å²) >= 11 is 0. The van der Waals surface area contributed by atoms with Crippen molar-refractivity contribution in [2.75, 3.05) is 13.7 Å². The van der Waals surface area contributed by atoms with Crippen LogP contribution in [0.25, 0.3) is 0 Å². The molecule has 0 saturated carbocycles. The predicted molar refractivity (Wildman–Crippen MR) is 50.5 cm³/mol. The molecule has 0 aromatic rings. The Morgan fingerprint density at radius 2 is 1.93 bits per heavy atom. The summed E-state index contributed by atoms with van der Waals surface area (Å²) in [5.41, 5.74) is -0.240. The fourth-order valence-corrected chi connectivity index (χ4v) is 0.721. The maximum absolute atomic E-state index is 11.2. The van der Waals surface area contributed by atoms with E-state index < -0.39 is 17.8 Å². The van der Waals surface area contributed by atoms with E-state index in [4.69, 9.17) is 0 Å². The lowest BCUT2D eigenvalue weighted by Gasteiger charge is -2.06. The van der Waals surface area contributed by atoms with Crippen LogP contribution in [0.2, 0.25) is 0 Å². The van der Waals surface area contributed by atoms with Crippen molar-refractivity contribution in [3.63, 3.8) is 0 Å². The Hall–Kier alpha value is -1.85. The summed E-state index contributed by atoms with van der Waals surface area (Å²) in [5, 5.41) is 2.18. The second kappa shape index (κ2) is 6.58. The van der Waals surface area contributed by atoms with Crippen molar-refractivity contribution in [3.05, 3.63) is 11.8 Å². The van der Waals surface area contributed by atoms with Crippen molar-refractivity contribution in [3.8, 4) is 0 Å². The molecular formula is C9H13NO5. The molecule has 0 saturated heterocycles. The summed E-state index contributed by atoms with van der Waals surface area (Å²) in [7, 11) is 1.16. The minimum atomic E-state index is -0.780. The molecule has 0 radical (unpaired) electrons. The predicted octanol–water partition coefficient (Wildman–Crippen LogP) is -0.258. The van der Waals surface area contributed by atoms with Gasteiger partial charge >= 0.3 is 11.9 Å². The van der Waals surface area contributed by atoms with Crippen molar-refractivity contribution in [1.29, 1.82) is 0 Å². The number of ether oxygens (including phenoxy) is 2. The number of hydrogen-bond acceptors (Lipinski definition) is 5. The first-order valence-electron chi connectivity index (χ1n) is 4.25. The first kappa shape index (κ1) is 13.2. The average molecular weight is 215 g/mol. The van der Waals surface area contributed by atoms with Gasteiger partial charge in [0.25, 0.3) is 0 Å². The standard InChI is InChI=1S/C9H13NO5/c1-4-15-9(13)7(10-6(2)11)5-8(12)14-3/h5H,4H2,1-3H3,(H,10,11)/b7-5-. The average Bonchev–Trinajstić information content (AvgIpc) is 2.16. The summed E-state index contributed by atoms with van der Waals surface area (Å²) in [6.07, 6.45) is 0.861. The van der Waals surface area contributed by atoms with Crippen molar-refractivity contribution in [1.82, 2.24) is 5.32 Å². The minimum absolute atomic E-state index is 0.150. The molecule has 0 unspecified atom stereocenters. The van der Waals surface area contributed by atoms with Crippen LogP contribution in [0.3, 0.4) is 0 Å². The van der Waals surface area contributed by atoms with Gasteiger partial charge in [0.2, 0.25) is 5.91 Å². The lowest BCUT2D eigenvalue weighted by Crippen LogP contribution is -2.27. The largest absolute Gasteiger partial charge is 0.466 e. The highest BCUT2D eigenvalue weighted by Gasteiger charge is 2.13. The van der Waals surface area contributed by atoms with Gasteiger partial charge in [-0.05, 0) is 6.92 Å². The van der Waals surface area contributed by atoms with Crippen molar-refractivity contribution in [2.24, 2.45) is 0 Å². The number of carbonyl (C=O) groups excluding carboxylic acids is 3. The van der Waals surface area contributed by atoms with Gasteiger partial charge < -0.3 is 14.8 Å². The van der Waals surface area contributed by atoms with E-state index in [-0.39, 0.29) is 12.3 Å². The smallest absolute Gasteiger partial charge is 0.355 e. The van der Waals surface area contributed by atoms with Crippen LogP contribution in [0, 0.1) is 0 Å². The highest BCUT2D eigenvalue weighted by Crippen LogP contribution is 1.95. The summed E-state index contributed by atoms with van der Waals surface area (Å²) in [6, 6.07) is 0. The molecule has 0 aliphatic carbocycles. The fraction of sp³-hybridized carbons (Fsp3) is 0.444. The molecule has 0 bridgehead atoms. The number of nitrogens with one attached hydrogen (secondary N) is 1. The van der Waals surface area contributed by atoms with Crippen molar-refractivity contribution < 1.29 is 23.9 Å². The zero-order valence-electron chi connectivity index (χ0n) is 8.83. The maximum Gasteiger partial charge on any atom is 0.355 e. The van der Waals surface area contributed by atoms with Crippen LogP contribution >= 0.6 is 0 Å². The third-order valence-corrected chi connectivity index (χ3v) is 1.27. The molecule has 84 valence electrons. The van der Waals surface area contributed by atoms with Gasteiger partial charge in [-0.15, -0.1) is 0 Å². The molecule has 0 heterocycles. The van der Waals surface area contributed by atoms with Crippen LogP contribution in [0.5, 0.6) is 0 Å². The number of amides is 1. The van der Waals surface area contributed by atoms with Crippen LogP contribution in [0.1, 0.15) is 13.8 Å². The van der Waals surface area contributed by atoms with Gasteiger partial charge in [0.05, 0.1) is 19.8 Å². The molecule has 0 aromatic carbocycles. The van der Waals surface area contributed by atoms with Crippen LogP contribution in [0.4, 0.5) is 0 Å². The number of rotatable bonds is 4. The highest BCUT2D eigenvalue weighted by molar-refractivity contribution is 5.99. The second-order valence-corrected chi connectivity index (χ2v) is 2.48. The van der Waals surface area contributed by atoms with Gasteiger partial charge in [-0.1, -0.05) is 0 Å². The quantitative estimate of drug-likeness (QED) is 0.516. The Morgan fingerprint density at radius 1 is 1.33 bits per heavy atom. The van der Waals surface area contributed by atoms with Crippen LogP contribution < -0.4 is 5.32 Å². The number of methoxy groups -OCH3 is 1. The lowest BCUT2D eigenvalue weighted by molar-refractivity contribution is -0.141. The third-order valence-electron chi connectivity index (χ3n) is 1.27. The van der Waals surface area contributed by atoms with Gasteiger partial charge in [-0.25, -0.2) is 9.59 Å². The topological polar surface area (TPSA) is 81.7 Å². The van der Waals surface area contributed by atoms with E-state index in [1.807, 2.05) is 0 Å². The Balaban J connectivity index is 4.71. The molecule has 0 rings (SSSR count). The molecule has 6 nitrogen and oxygen atoms in total. The summed E-state index contributed by atoms with van der Waals surface area (Å²) in [6.45, 7) is 2.97. The zero-order valence-corrected chi connectivity index (χ0v) is 8.83. The number of esters is 2. The first-order chi connectivity index (χ1) is 7.01. The van der Waals surface area contributed by atoms with Crippen molar-refractivity contribution >= 4 is 17.8 Å². The highest BCUT2D eigenvalue weighted by atomic mass is 16.5. The van der Waals surface area contributed by atoms with Gasteiger partial charge in [-0.3, -0.25) is 4.79 Å². The number of carbonyl (C=O) groups is 3. The van der Waals surface area contributed by atoms with E-state index in [0.717, 1.165) is 13.2 Å². The molecular weight excluding hydrogens is 202 g/mol. The van der Waals surface area contributed by atoms with E-state index in [1.54, 1.807) is 6.92 Å². The molecule has 0 atom stereocenters. The van der Waals surface area contributed by atoms with E-state index in [2.05, 4.69) is 14.8 Å². The molecule has 0 aromatic heterocycles. The minimum Gasteiger partial charge on any atom is -0.466 e. The summed E-state index contributed by atoms with van der Waals surface area (Å²) in [5.74, 6) is -2.00. The van der Waals surface area contributed by atoms with E-state index in [1.165, 1.54) is 6.92 Å². The Kier molecular flexibility index (Phi) is 5.77. The molecule has 1 N–H and O–H groups in total. The maximum atomic E-state index is 11.2. The molecule has 0 spiro atoms. The van der Waals surface area contributed by atoms with E-state index in [0.29, 0.717) is 0 Å². The fourth-order valence-electron chi connectivity index (χ4n) is 0.721. The Bertz CT molecular complexity index is 295. The summed E-state index contributed by atoms with van der Waals surface area (Å²) < 4.78 is 8.94. The normalized spacial score (nSPS) is 10.5. The van der Waals surface area contributed by atoms with Crippen molar-refractivity contribution in [2.45, 2.75) is 13.8 Å². The van der Waals surface area contributed by atoms with Gasteiger partial charge in [0.15, 0.2) is 0 Å². The van der Waals surface area contributed by atoms with Gasteiger partial charge in [-0.2, -0.15) is 0 Å².